The molecular weight excluding hydrogens is 396 g/mol. The fourth-order valence-electron chi connectivity index (χ4n) is 3.45. The molecule has 1 N–H and O–H groups in total. The van der Waals surface area contributed by atoms with E-state index in [0.717, 1.165) is 23.1 Å². The number of fused-ring (bicyclic) bond motifs is 1. The Kier molecular flexibility index (Phi) is 5.64. The molecule has 0 aliphatic rings. The lowest BCUT2D eigenvalue weighted by Gasteiger charge is -2.19. The molecule has 158 valence electrons. The molecule has 1 unspecified atom stereocenters. The zero-order valence-corrected chi connectivity index (χ0v) is 17.5. The van der Waals surface area contributed by atoms with Gasteiger partial charge in [-0.3, -0.25) is 10.1 Å². The van der Waals surface area contributed by atoms with E-state index in [2.05, 4.69) is 41.5 Å². The largest absolute Gasteiger partial charge is 0.497 e. The number of nitrogens with one attached hydrogen (secondary N) is 1. The summed E-state index contributed by atoms with van der Waals surface area (Å²) in [5.41, 5.74) is 1.88. The van der Waals surface area contributed by atoms with E-state index in [1.165, 1.54) is 22.6 Å². The van der Waals surface area contributed by atoms with Crippen LogP contribution in [-0.4, -0.2) is 29.3 Å². The van der Waals surface area contributed by atoms with Crippen LogP contribution < -0.4 is 9.64 Å². The van der Waals surface area contributed by atoms with Gasteiger partial charge in [-0.1, -0.05) is 18.2 Å². The van der Waals surface area contributed by atoms with Crippen molar-refractivity contribution in [2.45, 2.75) is 19.5 Å². The van der Waals surface area contributed by atoms with Crippen molar-refractivity contribution < 1.29 is 19.0 Å². The van der Waals surface area contributed by atoms with Gasteiger partial charge < -0.3 is 14.1 Å². The molecule has 0 bridgehead atoms. The Labute approximate surface area is 179 Å². The molecule has 2 atom stereocenters. The number of hydrogen-bond acceptors (Lipinski definition) is 6. The maximum absolute atomic E-state index is 10.8. The van der Waals surface area contributed by atoms with Gasteiger partial charge in [-0.05, 0) is 48.0 Å². The van der Waals surface area contributed by atoms with Crippen molar-refractivity contribution in [3.05, 3.63) is 82.2 Å². The first-order valence-corrected chi connectivity index (χ1v) is 9.92. The minimum absolute atomic E-state index is 0.0223. The third-order valence-electron chi connectivity index (χ3n) is 5.47. The van der Waals surface area contributed by atoms with E-state index in [9.17, 15) is 10.1 Å². The Balaban J connectivity index is 1.47. The summed E-state index contributed by atoms with van der Waals surface area (Å²) in [5, 5.41) is 21.4. The number of methoxy groups -OCH3 is 1. The first-order valence-electron chi connectivity index (χ1n) is 9.92. The Morgan fingerprint density at radius 3 is 2.48 bits per heavy atom. The topological polar surface area (TPSA) is 95.7 Å². The molecule has 0 amide bonds. The average Bonchev–Trinajstić information content (AvgIpc) is 3.28. The number of nitro benzene ring substituents is 1. The number of quaternary nitrogens is 1. The zero-order chi connectivity index (χ0) is 22.0. The van der Waals surface area contributed by atoms with Gasteiger partial charge in [0.2, 0.25) is 5.89 Å². The number of benzene rings is 3. The number of hydrogen-bond donors (Lipinski definition) is 1. The van der Waals surface area contributed by atoms with Gasteiger partial charge in [-0.2, -0.15) is 0 Å². The minimum Gasteiger partial charge on any atom is -0.497 e. The lowest BCUT2D eigenvalue weighted by Crippen LogP contribution is -3.07. The molecule has 0 aliphatic heterocycles. The van der Waals surface area contributed by atoms with E-state index in [1.807, 2.05) is 19.1 Å². The molecule has 4 rings (SSSR count). The van der Waals surface area contributed by atoms with Crippen molar-refractivity contribution in [3.63, 3.8) is 0 Å². The highest BCUT2D eigenvalue weighted by Crippen LogP contribution is 2.23. The second-order valence-corrected chi connectivity index (χ2v) is 7.54. The molecule has 31 heavy (non-hydrogen) atoms. The van der Waals surface area contributed by atoms with E-state index in [1.54, 1.807) is 19.2 Å². The minimum atomic E-state index is -0.438. The van der Waals surface area contributed by atoms with Crippen LogP contribution in [-0.2, 0) is 6.54 Å². The Hall–Kier alpha value is -3.78. The normalized spacial score (nSPS) is 13.1. The first-order chi connectivity index (χ1) is 14.9. The second kappa shape index (κ2) is 8.53. The van der Waals surface area contributed by atoms with Crippen LogP contribution in [0.25, 0.3) is 22.2 Å². The van der Waals surface area contributed by atoms with Crippen molar-refractivity contribution in [1.82, 2.24) is 10.2 Å². The monoisotopic (exact) mass is 419 g/mol. The molecule has 8 heteroatoms. The molecule has 0 saturated heterocycles. The lowest BCUT2D eigenvalue weighted by atomic mass is 10.1. The molecule has 0 fully saturated rings. The highest BCUT2D eigenvalue weighted by Gasteiger charge is 2.23. The quantitative estimate of drug-likeness (QED) is 0.363. The van der Waals surface area contributed by atoms with Crippen molar-refractivity contribution >= 4 is 16.5 Å². The van der Waals surface area contributed by atoms with Crippen LogP contribution in [0.15, 0.2) is 65.1 Å². The number of nitrogens with zero attached hydrogens (tertiary/aromatic N) is 3. The standard InChI is InChI=1S/C23H22N4O4/c1-15(22-24-25-23(31-22)17-6-9-20(10-7-17)27(28)29)26(2)14-16-4-5-19-13-21(30-3)11-8-18(19)12-16/h4-13,15H,14H2,1-3H3/p+1/t15-/m1/s1. The van der Waals surface area contributed by atoms with Crippen molar-refractivity contribution in [3.8, 4) is 17.2 Å². The Bertz CT molecular complexity index is 1220. The lowest BCUT2D eigenvalue weighted by molar-refractivity contribution is -0.925. The number of aromatic nitrogens is 2. The van der Waals surface area contributed by atoms with Gasteiger partial charge in [-0.15, -0.1) is 10.2 Å². The molecule has 4 aromatic rings. The van der Waals surface area contributed by atoms with Gasteiger partial charge in [0.15, 0.2) is 6.04 Å². The molecule has 0 radical (unpaired) electrons. The van der Waals surface area contributed by atoms with E-state index in [-0.39, 0.29) is 11.7 Å². The van der Waals surface area contributed by atoms with E-state index in [0.29, 0.717) is 17.3 Å². The summed E-state index contributed by atoms with van der Waals surface area (Å²) in [5.74, 6) is 1.72. The maximum atomic E-state index is 10.8. The molecule has 0 saturated carbocycles. The van der Waals surface area contributed by atoms with Crippen LogP contribution in [0.4, 0.5) is 5.69 Å². The van der Waals surface area contributed by atoms with Crippen molar-refractivity contribution in [1.29, 1.82) is 0 Å². The van der Waals surface area contributed by atoms with Crippen LogP contribution in [0.2, 0.25) is 0 Å². The van der Waals surface area contributed by atoms with Crippen LogP contribution >= 0.6 is 0 Å². The maximum Gasteiger partial charge on any atom is 0.274 e. The van der Waals surface area contributed by atoms with Crippen molar-refractivity contribution in [2.75, 3.05) is 14.2 Å². The third kappa shape index (κ3) is 4.39. The zero-order valence-electron chi connectivity index (χ0n) is 17.5. The van der Waals surface area contributed by atoms with Gasteiger partial charge >= 0.3 is 0 Å². The predicted octanol–water partition coefficient (Wildman–Crippen LogP) is 3.58. The van der Waals surface area contributed by atoms with E-state index < -0.39 is 4.92 Å². The Morgan fingerprint density at radius 1 is 1.06 bits per heavy atom. The van der Waals surface area contributed by atoms with Crippen LogP contribution in [0, 0.1) is 10.1 Å². The number of non-ortho nitro benzene ring substituents is 1. The van der Waals surface area contributed by atoms with Crippen LogP contribution in [0.3, 0.4) is 0 Å². The number of ether oxygens (including phenoxy) is 1. The summed E-state index contributed by atoms with van der Waals surface area (Å²) < 4.78 is 11.2. The van der Waals surface area contributed by atoms with Gasteiger partial charge in [0.25, 0.3) is 11.6 Å². The molecule has 1 heterocycles. The second-order valence-electron chi connectivity index (χ2n) is 7.54. The van der Waals surface area contributed by atoms with Gasteiger partial charge in [0.05, 0.1) is 19.1 Å². The fourth-order valence-corrected chi connectivity index (χ4v) is 3.45. The van der Waals surface area contributed by atoms with Crippen LogP contribution in [0.1, 0.15) is 24.4 Å². The molecule has 8 nitrogen and oxygen atoms in total. The predicted molar refractivity (Wildman–Crippen MR) is 116 cm³/mol. The molecule has 1 aromatic heterocycles. The molecule has 0 spiro atoms. The van der Waals surface area contributed by atoms with E-state index >= 15 is 0 Å². The van der Waals surface area contributed by atoms with Gasteiger partial charge in [0, 0.05) is 23.3 Å². The van der Waals surface area contributed by atoms with Gasteiger partial charge in [0.1, 0.15) is 12.3 Å². The third-order valence-corrected chi connectivity index (χ3v) is 5.47. The summed E-state index contributed by atoms with van der Waals surface area (Å²) in [7, 11) is 3.75. The first kappa shape index (κ1) is 20.5. The molecule has 0 aliphatic carbocycles. The Morgan fingerprint density at radius 2 is 1.77 bits per heavy atom. The smallest absolute Gasteiger partial charge is 0.274 e. The van der Waals surface area contributed by atoms with Gasteiger partial charge in [-0.25, -0.2) is 0 Å². The molecular formula is C23H23N4O4+. The fraction of sp³-hybridized carbons (Fsp3) is 0.217. The van der Waals surface area contributed by atoms with E-state index in [4.69, 9.17) is 9.15 Å². The summed E-state index contributed by atoms with van der Waals surface area (Å²) in [6, 6.07) is 18.5. The summed E-state index contributed by atoms with van der Waals surface area (Å²) in [4.78, 5) is 11.6. The number of rotatable bonds is 7. The summed E-state index contributed by atoms with van der Waals surface area (Å²) >= 11 is 0. The highest BCUT2D eigenvalue weighted by molar-refractivity contribution is 5.84. The molecule has 3 aromatic carbocycles. The summed E-state index contributed by atoms with van der Waals surface area (Å²) in [6.45, 7) is 2.83. The van der Waals surface area contributed by atoms with Crippen molar-refractivity contribution in [2.24, 2.45) is 0 Å². The van der Waals surface area contributed by atoms with Crippen LogP contribution in [0.5, 0.6) is 5.75 Å². The SMILES string of the molecule is COc1ccc2cc(C[NH+](C)[C@H](C)c3nnc(-c4ccc([N+](=O)[O-])cc4)o3)ccc2c1. The average molecular weight is 419 g/mol. The summed E-state index contributed by atoms with van der Waals surface area (Å²) in [6.07, 6.45) is 0. The highest BCUT2D eigenvalue weighted by atomic mass is 16.6. The number of nitro groups is 1.